The van der Waals surface area contributed by atoms with Crippen molar-refractivity contribution in [3.8, 4) is 0 Å². The number of carbonyl (C=O) groups excluding carboxylic acids is 1. The van der Waals surface area contributed by atoms with Crippen LogP contribution in [0, 0.1) is 6.92 Å². The summed E-state index contributed by atoms with van der Waals surface area (Å²) in [7, 11) is 0. The Labute approximate surface area is 109 Å². The first-order chi connectivity index (χ1) is 8.65. The summed E-state index contributed by atoms with van der Waals surface area (Å²) in [6.07, 6.45) is 3.37. The Bertz CT molecular complexity index is 539. The lowest BCUT2D eigenvalue weighted by atomic mass is 10.2. The zero-order chi connectivity index (χ0) is 13.0. The number of nitrogens with one attached hydrogen (secondary N) is 1. The molecule has 1 N–H and O–H groups in total. The van der Waals surface area contributed by atoms with E-state index in [1.807, 2.05) is 12.1 Å². The third-order valence-corrected chi connectivity index (χ3v) is 2.40. The van der Waals surface area contributed by atoms with E-state index in [0.29, 0.717) is 12.2 Å². The number of amides is 1. The van der Waals surface area contributed by atoms with Gasteiger partial charge in [-0.1, -0.05) is 6.07 Å². The smallest absolute Gasteiger partial charge is 0.270 e. The van der Waals surface area contributed by atoms with Crippen LogP contribution in [0.15, 0.2) is 30.6 Å². The van der Waals surface area contributed by atoms with Crippen LogP contribution in [-0.2, 0) is 6.54 Å². The maximum absolute atomic E-state index is 11.8. The summed E-state index contributed by atoms with van der Waals surface area (Å²) in [5, 5.41) is 2.81. The zero-order valence-corrected chi connectivity index (χ0v) is 10.5. The van der Waals surface area contributed by atoms with Gasteiger partial charge in [0.25, 0.3) is 5.91 Å². The quantitative estimate of drug-likeness (QED) is 0.856. The lowest BCUT2D eigenvalue weighted by molar-refractivity contribution is 0.0945. The van der Waals surface area contributed by atoms with Gasteiger partial charge >= 0.3 is 0 Å². The van der Waals surface area contributed by atoms with Crippen LogP contribution in [-0.4, -0.2) is 20.9 Å². The fraction of sp³-hybridized carbons (Fsp3) is 0.167. The van der Waals surface area contributed by atoms with Gasteiger partial charge in [-0.15, -0.1) is 0 Å². The van der Waals surface area contributed by atoms with Crippen LogP contribution < -0.4 is 5.32 Å². The van der Waals surface area contributed by atoms with Crippen molar-refractivity contribution in [3.63, 3.8) is 0 Å². The van der Waals surface area contributed by atoms with Crippen molar-refractivity contribution in [2.45, 2.75) is 13.5 Å². The molecule has 0 aliphatic heterocycles. The molecule has 2 aromatic heterocycles. The van der Waals surface area contributed by atoms with E-state index >= 15 is 0 Å². The molecule has 2 aromatic rings. The van der Waals surface area contributed by atoms with Crippen molar-refractivity contribution in [1.82, 2.24) is 20.3 Å². The second kappa shape index (κ2) is 5.55. The van der Waals surface area contributed by atoms with E-state index in [1.165, 1.54) is 0 Å². The van der Waals surface area contributed by atoms with Crippen LogP contribution in [0.2, 0.25) is 5.28 Å². The lowest BCUT2D eigenvalue weighted by Gasteiger charge is -2.05. The first kappa shape index (κ1) is 12.4. The number of halogens is 1. The molecule has 0 unspecified atom stereocenters. The molecule has 0 spiro atoms. The minimum absolute atomic E-state index is 0.0709. The Morgan fingerprint density at radius 1 is 1.44 bits per heavy atom. The monoisotopic (exact) mass is 262 g/mol. The van der Waals surface area contributed by atoms with Gasteiger partial charge in [0.15, 0.2) is 0 Å². The van der Waals surface area contributed by atoms with Gasteiger partial charge in [-0.2, -0.15) is 0 Å². The number of rotatable bonds is 3. The number of pyridine rings is 1. The zero-order valence-electron chi connectivity index (χ0n) is 9.72. The number of carbonyl (C=O) groups is 1. The number of nitrogens with zero attached hydrogens (tertiary/aromatic N) is 3. The summed E-state index contributed by atoms with van der Waals surface area (Å²) >= 11 is 5.70. The van der Waals surface area contributed by atoms with E-state index in [-0.39, 0.29) is 16.9 Å². The van der Waals surface area contributed by atoms with Crippen LogP contribution in [0.4, 0.5) is 0 Å². The fourth-order valence-electron chi connectivity index (χ4n) is 1.42. The van der Waals surface area contributed by atoms with Gasteiger partial charge < -0.3 is 5.32 Å². The second-order valence-corrected chi connectivity index (χ2v) is 4.05. The highest BCUT2D eigenvalue weighted by molar-refractivity contribution is 6.28. The normalized spacial score (nSPS) is 10.1. The molecule has 0 aliphatic carbocycles. The van der Waals surface area contributed by atoms with Crippen LogP contribution in [0.3, 0.4) is 0 Å². The Hall–Kier alpha value is -2.01. The van der Waals surface area contributed by atoms with Crippen molar-refractivity contribution < 1.29 is 4.79 Å². The number of aromatic nitrogens is 3. The molecule has 0 aliphatic rings. The van der Waals surface area contributed by atoms with Crippen LogP contribution in [0.25, 0.3) is 0 Å². The molecule has 0 atom stereocenters. The highest BCUT2D eigenvalue weighted by Crippen LogP contribution is 2.05. The maximum atomic E-state index is 11.8. The molecular formula is C12H11ClN4O. The van der Waals surface area contributed by atoms with E-state index in [9.17, 15) is 4.79 Å². The van der Waals surface area contributed by atoms with E-state index < -0.39 is 0 Å². The van der Waals surface area contributed by atoms with E-state index in [2.05, 4.69) is 20.3 Å². The van der Waals surface area contributed by atoms with Gasteiger partial charge in [0.05, 0.1) is 0 Å². The Morgan fingerprint density at radius 3 is 2.94 bits per heavy atom. The second-order valence-electron chi connectivity index (χ2n) is 3.71. The molecule has 0 aromatic carbocycles. The molecule has 2 heterocycles. The third-order valence-electron chi connectivity index (χ3n) is 2.24. The van der Waals surface area contributed by atoms with E-state index in [4.69, 9.17) is 11.6 Å². The summed E-state index contributed by atoms with van der Waals surface area (Å²) < 4.78 is 0. The van der Waals surface area contributed by atoms with Gasteiger partial charge in [-0.3, -0.25) is 9.78 Å². The summed E-state index contributed by atoms with van der Waals surface area (Å²) in [6, 6.07) is 5.28. The summed E-state index contributed by atoms with van der Waals surface area (Å²) in [5.74, 6) is -0.286. The molecule has 0 saturated heterocycles. The van der Waals surface area contributed by atoms with Crippen LogP contribution in [0.5, 0.6) is 0 Å². The minimum atomic E-state index is -0.286. The van der Waals surface area contributed by atoms with Crippen LogP contribution in [0.1, 0.15) is 21.7 Å². The largest absolute Gasteiger partial charge is 0.347 e. The number of aryl methyl sites for hydroxylation is 1. The van der Waals surface area contributed by atoms with Gasteiger partial charge in [0.2, 0.25) is 5.28 Å². The number of hydrogen-bond acceptors (Lipinski definition) is 4. The van der Waals surface area contributed by atoms with Gasteiger partial charge in [0, 0.05) is 24.6 Å². The average molecular weight is 263 g/mol. The topological polar surface area (TPSA) is 67.8 Å². The molecular weight excluding hydrogens is 252 g/mol. The summed E-state index contributed by atoms with van der Waals surface area (Å²) in [5.41, 5.74) is 1.83. The first-order valence-corrected chi connectivity index (χ1v) is 5.71. The molecule has 92 valence electrons. The van der Waals surface area contributed by atoms with Crippen molar-refractivity contribution in [2.24, 2.45) is 0 Å². The van der Waals surface area contributed by atoms with Crippen molar-refractivity contribution in [2.75, 3.05) is 0 Å². The molecule has 6 heteroatoms. The van der Waals surface area contributed by atoms with Gasteiger partial charge in [0.1, 0.15) is 5.69 Å². The highest BCUT2D eigenvalue weighted by Gasteiger charge is 2.09. The highest BCUT2D eigenvalue weighted by atomic mass is 35.5. The van der Waals surface area contributed by atoms with Gasteiger partial charge in [-0.05, 0) is 36.2 Å². The molecule has 0 bridgehead atoms. The summed E-state index contributed by atoms with van der Waals surface area (Å²) in [4.78, 5) is 23.6. The molecule has 0 radical (unpaired) electrons. The standard InChI is InChI=1S/C12H11ClN4O/c1-8-5-10(17-12(13)16-8)11(18)15-7-9-3-2-4-14-6-9/h2-6H,7H2,1H3,(H,15,18). The van der Waals surface area contributed by atoms with E-state index in [1.54, 1.807) is 25.4 Å². The van der Waals surface area contributed by atoms with Crippen molar-refractivity contribution in [3.05, 3.63) is 52.8 Å². The molecule has 18 heavy (non-hydrogen) atoms. The molecule has 0 fully saturated rings. The maximum Gasteiger partial charge on any atom is 0.270 e. The van der Waals surface area contributed by atoms with Crippen LogP contribution >= 0.6 is 11.6 Å². The minimum Gasteiger partial charge on any atom is -0.347 e. The SMILES string of the molecule is Cc1cc(C(=O)NCc2cccnc2)nc(Cl)n1. The third kappa shape index (κ3) is 3.24. The molecule has 5 nitrogen and oxygen atoms in total. The molecule has 0 saturated carbocycles. The van der Waals surface area contributed by atoms with E-state index in [0.717, 1.165) is 5.56 Å². The Morgan fingerprint density at radius 2 is 2.28 bits per heavy atom. The van der Waals surface area contributed by atoms with Crippen molar-refractivity contribution >= 4 is 17.5 Å². The summed E-state index contributed by atoms with van der Waals surface area (Å²) in [6.45, 7) is 2.15. The predicted octanol–water partition coefficient (Wildman–Crippen LogP) is 1.76. The number of hydrogen-bond donors (Lipinski definition) is 1. The Kier molecular flexibility index (Phi) is 3.84. The fourth-order valence-corrected chi connectivity index (χ4v) is 1.65. The van der Waals surface area contributed by atoms with Gasteiger partial charge in [-0.25, -0.2) is 9.97 Å². The first-order valence-electron chi connectivity index (χ1n) is 5.33. The lowest BCUT2D eigenvalue weighted by Crippen LogP contribution is -2.24. The molecule has 2 rings (SSSR count). The predicted molar refractivity (Wildman–Crippen MR) is 67.2 cm³/mol. The average Bonchev–Trinajstić information content (AvgIpc) is 2.36. The Balaban J connectivity index is 2.04. The molecule has 1 amide bonds. The van der Waals surface area contributed by atoms with Crippen molar-refractivity contribution in [1.29, 1.82) is 0 Å².